The Bertz CT molecular complexity index is 138. The SMILES string of the molecule is CCCCC1CCC(C(CC)CC)CC1. The van der Waals surface area contributed by atoms with Crippen LogP contribution in [0.5, 0.6) is 0 Å². The van der Waals surface area contributed by atoms with Gasteiger partial charge in [-0.2, -0.15) is 0 Å². The second-order valence-corrected chi connectivity index (χ2v) is 5.50. The van der Waals surface area contributed by atoms with Crippen molar-refractivity contribution >= 4 is 0 Å². The van der Waals surface area contributed by atoms with Crippen molar-refractivity contribution in [2.24, 2.45) is 17.8 Å². The molecule has 1 aliphatic carbocycles. The molecular formula is C15H30. The summed E-state index contributed by atoms with van der Waals surface area (Å²) in [7, 11) is 0. The first kappa shape index (κ1) is 13.1. The maximum Gasteiger partial charge on any atom is -0.0386 e. The second kappa shape index (κ2) is 7.30. The lowest BCUT2D eigenvalue weighted by molar-refractivity contribution is 0.188. The maximum atomic E-state index is 2.37. The minimum Gasteiger partial charge on any atom is -0.0654 e. The zero-order valence-electron chi connectivity index (χ0n) is 11.1. The van der Waals surface area contributed by atoms with Gasteiger partial charge in [-0.15, -0.1) is 0 Å². The van der Waals surface area contributed by atoms with Crippen LogP contribution in [-0.4, -0.2) is 0 Å². The first-order valence-electron chi connectivity index (χ1n) is 7.31. The molecule has 90 valence electrons. The lowest BCUT2D eigenvalue weighted by Gasteiger charge is -2.33. The molecule has 1 rings (SSSR count). The fourth-order valence-electron chi connectivity index (χ4n) is 3.40. The summed E-state index contributed by atoms with van der Waals surface area (Å²) in [5.41, 5.74) is 0. The standard InChI is InChI=1S/C15H30/c1-4-7-8-13-9-11-15(12-10-13)14(5-2)6-3/h13-15H,4-12H2,1-3H3. The monoisotopic (exact) mass is 210 g/mol. The summed E-state index contributed by atoms with van der Waals surface area (Å²) in [6.45, 7) is 7.06. The second-order valence-electron chi connectivity index (χ2n) is 5.50. The Morgan fingerprint density at radius 2 is 1.53 bits per heavy atom. The zero-order valence-corrected chi connectivity index (χ0v) is 11.1. The van der Waals surface area contributed by atoms with E-state index in [4.69, 9.17) is 0 Å². The molecular weight excluding hydrogens is 180 g/mol. The molecule has 0 nitrogen and oxygen atoms in total. The molecule has 0 aromatic rings. The number of rotatable bonds is 6. The van der Waals surface area contributed by atoms with Gasteiger partial charge >= 0.3 is 0 Å². The Morgan fingerprint density at radius 1 is 0.933 bits per heavy atom. The largest absolute Gasteiger partial charge is 0.0654 e. The normalized spacial score (nSPS) is 27.2. The molecule has 0 radical (unpaired) electrons. The molecule has 0 heteroatoms. The van der Waals surface area contributed by atoms with Gasteiger partial charge in [0.15, 0.2) is 0 Å². The van der Waals surface area contributed by atoms with Crippen LogP contribution in [0.3, 0.4) is 0 Å². The van der Waals surface area contributed by atoms with E-state index in [1.807, 2.05) is 0 Å². The van der Waals surface area contributed by atoms with Gasteiger partial charge in [0.25, 0.3) is 0 Å². The average molecular weight is 210 g/mol. The summed E-state index contributed by atoms with van der Waals surface area (Å²) in [5, 5.41) is 0. The quantitative estimate of drug-likeness (QED) is 0.549. The third-order valence-corrected chi connectivity index (χ3v) is 4.57. The van der Waals surface area contributed by atoms with Crippen LogP contribution in [0.15, 0.2) is 0 Å². The summed E-state index contributed by atoms with van der Waals surface area (Å²) in [6, 6.07) is 0. The van der Waals surface area contributed by atoms with Crippen LogP contribution >= 0.6 is 0 Å². The van der Waals surface area contributed by atoms with E-state index >= 15 is 0 Å². The van der Waals surface area contributed by atoms with Crippen molar-refractivity contribution in [1.82, 2.24) is 0 Å². The molecule has 1 aliphatic rings. The van der Waals surface area contributed by atoms with E-state index in [1.54, 1.807) is 0 Å². The molecule has 0 unspecified atom stereocenters. The highest BCUT2D eigenvalue weighted by atomic mass is 14.3. The smallest absolute Gasteiger partial charge is 0.0386 e. The molecule has 0 N–H and O–H groups in total. The minimum absolute atomic E-state index is 1.03. The van der Waals surface area contributed by atoms with Gasteiger partial charge in [0.1, 0.15) is 0 Å². The van der Waals surface area contributed by atoms with Crippen molar-refractivity contribution in [1.29, 1.82) is 0 Å². The highest BCUT2D eigenvalue weighted by Crippen LogP contribution is 2.37. The van der Waals surface area contributed by atoms with Gasteiger partial charge in [0.05, 0.1) is 0 Å². The molecule has 0 amide bonds. The Kier molecular flexibility index (Phi) is 6.36. The van der Waals surface area contributed by atoms with Crippen LogP contribution in [0, 0.1) is 17.8 Å². The fraction of sp³-hybridized carbons (Fsp3) is 1.00. The van der Waals surface area contributed by atoms with E-state index in [9.17, 15) is 0 Å². The van der Waals surface area contributed by atoms with Gasteiger partial charge in [-0.25, -0.2) is 0 Å². The van der Waals surface area contributed by atoms with Crippen LogP contribution in [-0.2, 0) is 0 Å². The predicted molar refractivity (Wildman–Crippen MR) is 69.0 cm³/mol. The fourth-order valence-corrected chi connectivity index (χ4v) is 3.40. The highest BCUT2D eigenvalue weighted by molar-refractivity contribution is 4.76. The Morgan fingerprint density at radius 3 is 2.00 bits per heavy atom. The molecule has 0 heterocycles. The van der Waals surface area contributed by atoms with Crippen molar-refractivity contribution in [3.05, 3.63) is 0 Å². The Balaban J connectivity index is 2.22. The van der Waals surface area contributed by atoms with Crippen molar-refractivity contribution in [3.63, 3.8) is 0 Å². The summed E-state index contributed by atoms with van der Waals surface area (Å²) in [4.78, 5) is 0. The minimum atomic E-state index is 1.03. The van der Waals surface area contributed by atoms with Gasteiger partial charge in [-0.3, -0.25) is 0 Å². The molecule has 0 saturated heterocycles. The number of hydrogen-bond acceptors (Lipinski definition) is 0. The first-order chi connectivity index (χ1) is 7.31. The van der Waals surface area contributed by atoms with Crippen LogP contribution in [0.2, 0.25) is 0 Å². The van der Waals surface area contributed by atoms with Crippen molar-refractivity contribution in [2.45, 2.75) is 78.6 Å². The zero-order chi connectivity index (χ0) is 11.1. The summed E-state index contributed by atoms with van der Waals surface area (Å²) in [5.74, 6) is 3.17. The molecule has 1 saturated carbocycles. The van der Waals surface area contributed by atoms with E-state index < -0.39 is 0 Å². The lowest BCUT2D eigenvalue weighted by atomic mass is 9.73. The highest BCUT2D eigenvalue weighted by Gasteiger charge is 2.25. The third kappa shape index (κ3) is 4.17. The van der Waals surface area contributed by atoms with Crippen LogP contribution in [0.1, 0.15) is 78.6 Å². The Hall–Kier alpha value is 0. The molecule has 0 bridgehead atoms. The van der Waals surface area contributed by atoms with Gasteiger partial charge in [0, 0.05) is 0 Å². The van der Waals surface area contributed by atoms with Crippen LogP contribution < -0.4 is 0 Å². The molecule has 0 spiro atoms. The van der Waals surface area contributed by atoms with E-state index in [0.717, 1.165) is 17.8 Å². The van der Waals surface area contributed by atoms with E-state index in [2.05, 4.69) is 20.8 Å². The number of unbranched alkanes of at least 4 members (excludes halogenated alkanes) is 1. The van der Waals surface area contributed by atoms with Gasteiger partial charge in [-0.05, 0) is 30.6 Å². The van der Waals surface area contributed by atoms with Crippen LogP contribution in [0.4, 0.5) is 0 Å². The lowest BCUT2D eigenvalue weighted by Crippen LogP contribution is -2.21. The van der Waals surface area contributed by atoms with Crippen LogP contribution in [0.25, 0.3) is 0 Å². The topological polar surface area (TPSA) is 0 Å². The van der Waals surface area contributed by atoms with Gasteiger partial charge in [-0.1, -0.05) is 65.7 Å². The summed E-state index contributed by atoms with van der Waals surface area (Å²) >= 11 is 0. The summed E-state index contributed by atoms with van der Waals surface area (Å²) in [6.07, 6.45) is 13.3. The molecule has 0 aromatic carbocycles. The maximum absolute atomic E-state index is 2.37. The van der Waals surface area contributed by atoms with E-state index in [0.29, 0.717) is 0 Å². The Labute approximate surface area is 96.8 Å². The predicted octanol–water partition coefficient (Wildman–Crippen LogP) is 5.42. The molecule has 0 aliphatic heterocycles. The van der Waals surface area contributed by atoms with E-state index in [1.165, 1.54) is 57.8 Å². The average Bonchev–Trinajstić information content (AvgIpc) is 2.29. The van der Waals surface area contributed by atoms with Crippen molar-refractivity contribution in [3.8, 4) is 0 Å². The molecule has 15 heavy (non-hydrogen) atoms. The molecule has 0 atom stereocenters. The summed E-state index contributed by atoms with van der Waals surface area (Å²) < 4.78 is 0. The third-order valence-electron chi connectivity index (χ3n) is 4.57. The van der Waals surface area contributed by atoms with Gasteiger partial charge in [0.2, 0.25) is 0 Å². The first-order valence-corrected chi connectivity index (χ1v) is 7.31. The van der Waals surface area contributed by atoms with E-state index in [-0.39, 0.29) is 0 Å². The molecule has 0 aromatic heterocycles. The van der Waals surface area contributed by atoms with Crippen molar-refractivity contribution < 1.29 is 0 Å². The van der Waals surface area contributed by atoms with Crippen molar-refractivity contribution in [2.75, 3.05) is 0 Å². The molecule has 1 fully saturated rings. The number of hydrogen-bond donors (Lipinski definition) is 0. The van der Waals surface area contributed by atoms with Gasteiger partial charge < -0.3 is 0 Å².